The van der Waals surface area contributed by atoms with Crippen molar-refractivity contribution in [2.45, 2.75) is 0 Å². The molecule has 108 valence electrons. The molecule has 0 radical (unpaired) electrons. The smallest absolute Gasteiger partial charge is 0.619 e. The Labute approximate surface area is 151 Å². The molecule has 0 saturated heterocycles. The minimum Gasteiger partial charge on any atom is -0.619 e. The Morgan fingerprint density at radius 1 is 1.13 bits per heavy atom. The summed E-state index contributed by atoms with van der Waals surface area (Å²) in [5, 5.41) is 10.8. The molecule has 2 aromatic carbocycles. The van der Waals surface area contributed by atoms with Crippen LogP contribution in [0.4, 0.5) is 5.69 Å². The Morgan fingerprint density at radius 3 is 2.61 bits per heavy atom. The number of non-ortho nitro benzene ring substituents is 1. The van der Waals surface area contributed by atoms with Gasteiger partial charge in [-0.05, 0) is 6.07 Å². The number of hydrogen-bond donors (Lipinski definition) is 0. The molecule has 0 unspecified atom stereocenters. The molecular weight excluding hydrogens is 309 g/mol. The first-order chi connectivity index (χ1) is 10.6. The Kier molecular flexibility index (Phi) is 5.05. The summed E-state index contributed by atoms with van der Waals surface area (Å²) in [5.74, 6) is -0.688. The summed E-state index contributed by atoms with van der Waals surface area (Å²) in [6, 6.07) is 11.8. The number of carbonyl (C=O) groups excluding carboxylic acids is 1. The normalized spacial score (nSPS) is 10.1. The van der Waals surface area contributed by atoms with Crippen molar-refractivity contribution in [2.75, 3.05) is 0 Å². The number of benzene rings is 2. The summed E-state index contributed by atoms with van der Waals surface area (Å²) in [4.78, 5) is 42.3. The molecule has 3 rings (SSSR count). The molecule has 0 bridgehead atoms. The standard InChI is InChI=1S/C15H9N3O4.Na/c19-14(9-4-3-5-10(8-9)18(21)22)13-15(20)17-12-7-2-1-6-11(12)16-13;/h1-8H,(H,17,19,20);/q;+1/p-1. The van der Waals surface area contributed by atoms with Crippen molar-refractivity contribution in [3.05, 3.63) is 80.3 Å². The van der Waals surface area contributed by atoms with Gasteiger partial charge in [-0.15, -0.1) is 5.52 Å². The Balaban J connectivity index is 0.00000192. The molecule has 0 aliphatic carbocycles. The van der Waals surface area contributed by atoms with E-state index in [-0.39, 0.29) is 46.5 Å². The zero-order valence-electron chi connectivity index (χ0n) is 12.1. The predicted molar refractivity (Wildman–Crippen MR) is 77.9 cm³/mol. The van der Waals surface area contributed by atoms with E-state index in [4.69, 9.17) is 0 Å². The second kappa shape index (κ2) is 6.82. The van der Waals surface area contributed by atoms with Crippen molar-refractivity contribution in [1.82, 2.24) is 9.97 Å². The third-order valence-electron chi connectivity index (χ3n) is 3.07. The number of para-hydroxylation sites is 2. The maximum Gasteiger partial charge on any atom is 1.00 e. The van der Waals surface area contributed by atoms with Gasteiger partial charge in [0.1, 0.15) is 11.3 Å². The average Bonchev–Trinajstić information content (AvgIpc) is 2.53. The van der Waals surface area contributed by atoms with Crippen molar-refractivity contribution in [3.8, 4) is 0 Å². The van der Waals surface area contributed by atoms with Crippen LogP contribution in [0.5, 0.6) is 0 Å². The molecule has 0 atom stereocenters. The van der Waals surface area contributed by atoms with Crippen LogP contribution in [0.2, 0.25) is 0 Å². The average molecular weight is 317 g/mol. The molecule has 0 fully saturated rings. The molecule has 3 aromatic rings. The van der Waals surface area contributed by atoms with Gasteiger partial charge in [0.15, 0.2) is 0 Å². The van der Waals surface area contributed by atoms with E-state index in [2.05, 4.69) is 9.97 Å². The molecule has 1 heterocycles. The van der Waals surface area contributed by atoms with Gasteiger partial charge in [0.05, 0.1) is 4.92 Å². The van der Waals surface area contributed by atoms with Crippen molar-refractivity contribution in [3.63, 3.8) is 0 Å². The second-order valence-electron chi connectivity index (χ2n) is 4.50. The number of nitrogens with zero attached hydrogens (tertiary/aromatic N) is 3. The number of ketones is 1. The van der Waals surface area contributed by atoms with E-state index in [1.165, 1.54) is 18.2 Å². The largest absolute Gasteiger partial charge is 1.00 e. The van der Waals surface area contributed by atoms with E-state index in [1.807, 2.05) is 0 Å². The van der Waals surface area contributed by atoms with E-state index >= 15 is 0 Å². The monoisotopic (exact) mass is 317 g/mol. The quantitative estimate of drug-likeness (QED) is 0.257. The summed E-state index contributed by atoms with van der Waals surface area (Å²) < 4.78 is 0. The van der Waals surface area contributed by atoms with E-state index in [9.17, 15) is 19.7 Å². The minimum absolute atomic E-state index is 0. The van der Waals surface area contributed by atoms with Crippen LogP contribution in [0, 0.1) is 10.1 Å². The Bertz CT molecular complexity index is 968. The van der Waals surface area contributed by atoms with Gasteiger partial charge in [-0.25, -0.2) is 4.98 Å². The Morgan fingerprint density at radius 2 is 1.87 bits per heavy atom. The van der Waals surface area contributed by atoms with Crippen LogP contribution < -0.4 is 40.1 Å². The molecule has 23 heavy (non-hydrogen) atoms. The van der Waals surface area contributed by atoms with Gasteiger partial charge in [-0.3, -0.25) is 14.9 Å². The SMILES string of the molecule is O=C(c1cccc([N+](=O)[O-])c1)c1nc2ccccc2[n-]c1=O.[Na+]. The van der Waals surface area contributed by atoms with Gasteiger partial charge < -0.3 is 9.78 Å². The number of hydrogen-bond acceptors (Lipinski definition) is 5. The van der Waals surface area contributed by atoms with Crippen LogP contribution in [0.1, 0.15) is 16.1 Å². The first kappa shape index (κ1) is 17.0. The number of aromatic nitrogens is 2. The van der Waals surface area contributed by atoms with Gasteiger partial charge in [0, 0.05) is 23.2 Å². The zero-order valence-corrected chi connectivity index (χ0v) is 14.1. The molecule has 1 aromatic heterocycles. The maximum atomic E-state index is 12.4. The van der Waals surface area contributed by atoms with E-state index < -0.39 is 16.3 Å². The van der Waals surface area contributed by atoms with Crippen LogP contribution in [-0.2, 0) is 0 Å². The second-order valence-corrected chi connectivity index (χ2v) is 4.50. The van der Waals surface area contributed by atoms with Gasteiger partial charge in [-0.2, -0.15) is 0 Å². The van der Waals surface area contributed by atoms with Gasteiger partial charge in [0.2, 0.25) is 5.78 Å². The van der Waals surface area contributed by atoms with E-state index in [1.54, 1.807) is 24.3 Å². The number of nitro groups is 1. The predicted octanol–water partition coefficient (Wildman–Crippen LogP) is -1.30. The molecule has 0 aliphatic rings. The van der Waals surface area contributed by atoms with Crippen molar-refractivity contribution in [1.29, 1.82) is 0 Å². The summed E-state index contributed by atoms with van der Waals surface area (Å²) >= 11 is 0. The molecule has 7 nitrogen and oxygen atoms in total. The minimum atomic E-state index is -0.754. The van der Waals surface area contributed by atoms with Crippen molar-refractivity contribution in [2.24, 2.45) is 0 Å². The van der Waals surface area contributed by atoms with Gasteiger partial charge in [0.25, 0.3) is 5.69 Å². The molecule has 0 N–H and O–H groups in total. The first-order valence-corrected chi connectivity index (χ1v) is 6.29. The van der Waals surface area contributed by atoms with E-state index in [0.29, 0.717) is 11.0 Å². The van der Waals surface area contributed by atoms with Crippen LogP contribution >= 0.6 is 0 Å². The summed E-state index contributed by atoms with van der Waals surface area (Å²) in [6.07, 6.45) is 0. The fraction of sp³-hybridized carbons (Fsp3) is 0. The number of rotatable bonds is 3. The fourth-order valence-corrected chi connectivity index (χ4v) is 2.03. The molecule has 0 spiro atoms. The number of carbonyl (C=O) groups is 1. The number of nitro benzene ring substituents is 1. The van der Waals surface area contributed by atoms with Crippen LogP contribution in [0.3, 0.4) is 0 Å². The fourth-order valence-electron chi connectivity index (χ4n) is 2.03. The first-order valence-electron chi connectivity index (χ1n) is 6.29. The zero-order chi connectivity index (χ0) is 15.7. The van der Waals surface area contributed by atoms with Crippen LogP contribution in [0.15, 0.2) is 53.3 Å². The van der Waals surface area contributed by atoms with E-state index in [0.717, 1.165) is 6.07 Å². The molecule has 8 heteroatoms. The summed E-state index contributed by atoms with van der Waals surface area (Å²) in [6.45, 7) is 0. The maximum absolute atomic E-state index is 12.4. The third-order valence-corrected chi connectivity index (χ3v) is 3.07. The third kappa shape index (κ3) is 3.37. The van der Waals surface area contributed by atoms with Crippen LogP contribution in [0.25, 0.3) is 11.0 Å². The summed E-state index contributed by atoms with van der Waals surface area (Å²) in [5.41, 5.74) is -0.503. The molecular formula is C15H8N3NaO4. The van der Waals surface area contributed by atoms with Gasteiger partial charge in [-0.1, -0.05) is 30.3 Å². The van der Waals surface area contributed by atoms with Crippen LogP contribution in [-0.4, -0.2) is 15.7 Å². The summed E-state index contributed by atoms with van der Waals surface area (Å²) in [7, 11) is 0. The molecule has 0 aliphatic heterocycles. The molecule has 0 amide bonds. The number of fused-ring (bicyclic) bond motifs is 1. The Hall–Kier alpha value is -2.35. The molecule has 0 saturated carbocycles. The topological polar surface area (TPSA) is 104 Å². The van der Waals surface area contributed by atoms with Crippen molar-refractivity contribution >= 4 is 22.5 Å². The van der Waals surface area contributed by atoms with Crippen molar-refractivity contribution < 1.29 is 39.3 Å². The van der Waals surface area contributed by atoms with Gasteiger partial charge >= 0.3 is 29.6 Å².